The van der Waals surface area contributed by atoms with Crippen molar-refractivity contribution in [3.05, 3.63) is 65.2 Å². The number of hydrogen-bond donors (Lipinski definition) is 0. The van der Waals surface area contributed by atoms with Crippen LogP contribution in [0.5, 0.6) is 0 Å². The number of rotatable bonds is 5. The maximum atomic E-state index is 12.5. The molecular formula is C22H25NOS. The van der Waals surface area contributed by atoms with Gasteiger partial charge < -0.3 is 4.90 Å². The summed E-state index contributed by atoms with van der Waals surface area (Å²) in [6.45, 7) is 4.93. The summed E-state index contributed by atoms with van der Waals surface area (Å²) < 4.78 is 0. The van der Waals surface area contributed by atoms with E-state index < -0.39 is 0 Å². The Labute approximate surface area is 154 Å². The summed E-state index contributed by atoms with van der Waals surface area (Å²) in [7, 11) is 4.19. The highest BCUT2D eigenvalue weighted by Crippen LogP contribution is 2.45. The number of benzene rings is 2. The first-order chi connectivity index (χ1) is 12.0. The number of ketones is 1. The minimum Gasteiger partial charge on any atom is -0.309 e. The van der Waals surface area contributed by atoms with Crippen molar-refractivity contribution in [1.82, 2.24) is 4.90 Å². The fraction of sp³-hybridized carbons (Fsp3) is 0.318. The number of Topliss-reactive ketones (excluding diaryl/α,β-unsaturated/α-hetero) is 1. The molecule has 0 atom stereocenters. The Morgan fingerprint density at radius 1 is 1.08 bits per heavy atom. The van der Waals surface area contributed by atoms with Crippen LogP contribution < -0.4 is 0 Å². The summed E-state index contributed by atoms with van der Waals surface area (Å²) in [6.07, 6.45) is 3.31. The smallest absolute Gasteiger partial charge is 0.165 e. The summed E-state index contributed by atoms with van der Waals surface area (Å²) in [5, 5.41) is 0. The van der Waals surface area contributed by atoms with Crippen molar-refractivity contribution in [2.75, 3.05) is 20.6 Å². The lowest BCUT2D eigenvalue weighted by molar-refractivity contribution is 0.0939. The number of nitrogens with zero attached hydrogens (tertiary/aromatic N) is 1. The van der Waals surface area contributed by atoms with E-state index in [1.807, 2.05) is 19.9 Å². The van der Waals surface area contributed by atoms with E-state index in [1.54, 1.807) is 11.8 Å². The number of carbonyl (C=O) groups excluding carboxylic acids is 1. The van der Waals surface area contributed by atoms with Gasteiger partial charge in [0.25, 0.3) is 0 Å². The standard InChI is InChI=1S/C22H25NOS/c1-15(2)22(24)16-11-12-21-19(14-16)17(9-7-13-23(3)4)18-8-5-6-10-20(18)25-21/h5-6,8-12,14-15H,7,13H2,1-4H3/b17-9-. The van der Waals surface area contributed by atoms with Gasteiger partial charge in [-0.1, -0.05) is 56.0 Å². The molecule has 130 valence electrons. The molecule has 2 aromatic rings. The van der Waals surface area contributed by atoms with Crippen molar-refractivity contribution in [2.24, 2.45) is 5.92 Å². The van der Waals surface area contributed by atoms with Gasteiger partial charge in [-0.2, -0.15) is 0 Å². The second-order valence-corrected chi connectivity index (χ2v) is 8.12. The van der Waals surface area contributed by atoms with Crippen molar-refractivity contribution in [2.45, 2.75) is 30.1 Å². The minimum absolute atomic E-state index is 0.0164. The second kappa shape index (κ2) is 7.59. The molecule has 0 aliphatic carbocycles. The molecule has 0 unspecified atom stereocenters. The molecule has 25 heavy (non-hydrogen) atoms. The molecule has 0 saturated carbocycles. The zero-order valence-corrected chi connectivity index (χ0v) is 16.2. The summed E-state index contributed by atoms with van der Waals surface area (Å²) in [6, 6.07) is 14.7. The molecule has 1 heterocycles. The largest absolute Gasteiger partial charge is 0.309 e. The van der Waals surface area contributed by atoms with Crippen LogP contribution in [0, 0.1) is 5.92 Å². The first-order valence-corrected chi connectivity index (χ1v) is 9.60. The molecule has 2 nitrogen and oxygen atoms in total. The Bertz CT molecular complexity index is 821. The van der Waals surface area contributed by atoms with E-state index >= 15 is 0 Å². The zero-order valence-electron chi connectivity index (χ0n) is 15.4. The molecule has 0 aromatic heterocycles. The third-order valence-electron chi connectivity index (χ3n) is 4.40. The van der Waals surface area contributed by atoms with E-state index in [0.717, 1.165) is 18.5 Å². The summed E-state index contributed by atoms with van der Waals surface area (Å²) in [4.78, 5) is 17.2. The minimum atomic E-state index is 0.0164. The van der Waals surface area contributed by atoms with Crippen LogP contribution in [-0.4, -0.2) is 31.3 Å². The lowest BCUT2D eigenvalue weighted by Gasteiger charge is -2.23. The van der Waals surface area contributed by atoms with Gasteiger partial charge in [-0.15, -0.1) is 0 Å². The van der Waals surface area contributed by atoms with Gasteiger partial charge in [-0.3, -0.25) is 4.79 Å². The quantitative estimate of drug-likeness (QED) is 0.576. The molecule has 3 heteroatoms. The summed E-state index contributed by atoms with van der Waals surface area (Å²) in [5.74, 6) is 0.224. The fourth-order valence-corrected chi connectivity index (χ4v) is 4.13. The third kappa shape index (κ3) is 3.88. The first kappa shape index (κ1) is 18.0. The van der Waals surface area contributed by atoms with Gasteiger partial charge in [0.2, 0.25) is 0 Å². The van der Waals surface area contributed by atoms with Crippen molar-refractivity contribution >= 4 is 23.1 Å². The highest BCUT2D eigenvalue weighted by atomic mass is 32.2. The topological polar surface area (TPSA) is 20.3 Å². The normalized spacial score (nSPS) is 14.7. The second-order valence-electron chi connectivity index (χ2n) is 7.04. The van der Waals surface area contributed by atoms with Crippen molar-refractivity contribution < 1.29 is 4.79 Å². The number of carbonyl (C=O) groups is 1. The van der Waals surface area contributed by atoms with Crippen LogP contribution in [0.3, 0.4) is 0 Å². The molecule has 2 aromatic carbocycles. The van der Waals surface area contributed by atoms with Crippen LogP contribution in [0.1, 0.15) is 41.8 Å². The molecule has 0 bridgehead atoms. The SMILES string of the molecule is CC(C)C(=O)c1ccc2c(c1)/C(=C\CCN(C)C)c1ccccc1S2. The van der Waals surface area contributed by atoms with E-state index in [9.17, 15) is 4.79 Å². The van der Waals surface area contributed by atoms with Gasteiger partial charge in [0.1, 0.15) is 0 Å². The summed E-state index contributed by atoms with van der Waals surface area (Å²) >= 11 is 1.79. The Kier molecular flexibility index (Phi) is 5.45. The van der Waals surface area contributed by atoms with Crippen LogP contribution in [0.15, 0.2) is 58.3 Å². The summed E-state index contributed by atoms with van der Waals surface area (Å²) in [5.41, 5.74) is 4.53. The lowest BCUT2D eigenvalue weighted by atomic mass is 9.92. The average molecular weight is 352 g/mol. The molecular weight excluding hydrogens is 326 g/mol. The van der Waals surface area contributed by atoms with Gasteiger partial charge in [-0.05, 0) is 55.4 Å². The Morgan fingerprint density at radius 3 is 2.52 bits per heavy atom. The Balaban J connectivity index is 2.07. The van der Waals surface area contributed by atoms with Crippen molar-refractivity contribution in [1.29, 1.82) is 0 Å². The monoisotopic (exact) mass is 351 g/mol. The number of fused-ring (bicyclic) bond motifs is 2. The fourth-order valence-electron chi connectivity index (χ4n) is 3.04. The molecule has 0 saturated heterocycles. The molecule has 0 N–H and O–H groups in total. The Morgan fingerprint density at radius 2 is 1.80 bits per heavy atom. The van der Waals surface area contributed by atoms with E-state index in [4.69, 9.17) is 0 Å². The van der Waals surface area contributed by atoms with Crippen molar-refractivity contribution in [3.63, 3.8) is 0 Å². The third-order valence-corrected chi connectivity index (χ3v) is 5.55. The maximum absolute atomic E-state index is 12.5. The molecule has 0 radical (unpaired) electrons. The predicted octanol–water partition coefficient (Wildman–Crippen LogP) is 5.37. The zero-order chi connectivity index (χ0) is 18.0. The van der Waals surface area contributed by atoms with Crippen LogP contribution in [0.4, 0.5) is 0 Å². The Hall–Kier alpha value is -1.84. The molecule has 1 aliphatic rings. The first-order valence-electron chi connectivity index (χ1n) is 8.78. The molecule has 0 amide bonds. The van der Waals surface area contributed by atoms with Crippen LogP contribution >= 0.6 is 11.8 Å². The van der Waals surface area contributed by atoms with Gasteiger partial charge in [-0.25, -0.2) is 0 Å². The van der Waals surface area contributed by atoms with Gasteiger partial charge >= 0.3 is 0 Å². The van der Waals surface area contributed by atoms with Crippen LogP contribution in [0.2, 0.25) is 0 Å². The molecule has 0 fully saturated rings. The molecule has 1 aliphatic heterocycles. The van der Waals surface area contributed by atoms with E-state index in [2.05, 4.69) is 61.5 Å². The predicted molar refractivity (Wildman–Crippen MR) is 106 cm³/mol. The maximum Gasteiger partial charge on any atom is 0.165 e. The number of hydrogen-bond acceptors (Lipinski definition) is 3. The molecule has 0 spiro atoms. The van der Waals surface area contributed by atoms with Crippen LogP contribution in [0.25, 0.3) is 5.57 Å². The van der Waals surface area contributed by atoms with E-state index in [-0.39, 0.29) is 11.7 Å². The van der Waals surface area contributed by atoms with Crippen molar-refractivity contribution in [3.8, 4) is 0 Å². The van der Waals surface area contributed by atoms with E-state index in [0.29, 0.717) is 0 Å². The van der Waals surface area contributed by atoms with Gasteiger partial charge in [0.15, 0.2) is 5.78 Å². The average Bonchev–Trinajstić information content (AvgIpc) is 2.59. The molecule has 3 rings (SSSR count). The highest BCUT2D eigenvalue weighted by Gasteiger charge is 2.22. The lowest BCUT2D eigenvalue weighted by Crippen LogP contribution is -2.12. The van der Waals surface area contributed by atoms with Gasteiger partial charge in [0, 0.05) is 27.8 Å². The highest BCUT2D eigenvalue weighted by molar-refractivity contribution is 7.99. The van der Waals surface area contributed by atoms with E-state index in [1.165, 1.54) is 26.5 Å². The van der Waals surface area contributed by atoms with Gasteiger partial charge in [0.05, 0.1) is 0 Å². The van der Waals surface area contributed by atoms with Crippen LogP contribution in [-0.2, 0) is 0 Å².